The van der Waals surface area contributed by atoms with Gasteiger partial charge in [0.15, 0.2) is 23.1 Å². The lowest BCUT2D eigenvalue weighted by Gasteiger charge is -2.62. The molecular formula is C22H24F2N2O2. The second kappa shape index (κ2) is 5.75. The van der Waals surface area contributed by atoms with Crippen LogP contribution < -0.4 is 11.5 Å². The van der Waals surface area contributed by atoms with E-state index in [1.807, 2.05) is 0 Å². The highest BCUT2D eigenvalue weighted by Gasteiger charge is 2.59. The van der Waals surface area contributed by atoms with E-state index in [0.717, 1.165) is 25.7 Å². The first-order chi connectivity index (χ1) is 13.3. The molecular weight excluding hydrogens is 362 g/mol. The van der Waals surface area contributed by atoms with Gasteiger partial charge in [-0.15, -0.1) is 0 Å². The first-order valence-electron chi connectivity index (χ1n) is 9.87. The summed E-state index contributed by atoms with van der Waals surface area (Å²) < 4.78 is 29.0. The maximum Gasteiger partial charge on any atom is 0.174 e. The third-order valence-electron chi connectivity index (χ3n) is 7.57. The average Bonchev–Trinajstić information content (AvgIpc) is 2.63. The summed E-state index contributed by atoms with van der Waals surface area (Å²) in [5, 5.41) is 19.7. The van der Waals surface area contributed by atoms with Crippen molar-refractivity contribution in [3.05, 3.63) is 47.0 Å². The first kappa shape index (κ1) is 17.6. The molecule has 0 unspecified atom stereocenters. The maximum absolute atomic E-state index is 14.5. The van der Waals surface area contributed by atoms with E-state index in [9.17, 15) is 19.0 Å². The molecule has 148 valence electrons. The number of benzene rings is 2. The Morgan fingerprint density at radius 3 is 1.46 bits per heavy atom. The van der Waals surface area contributed by atoms with Crippen LogP contribution in [0.1, 0.15) is 43.2 Å². The van der Waals surface area contributed by atoms with Crippen molar-refractivity contribution in [1.82, 2.24) is 0 Å². The van der Waals surface area contributed by atoms with E-state index in [1.54, 1.807) is 12.1 Å². The zero-order chi connectivity index (χ0) is 19.8. The zero-order valence-electron chi connectivity index (χ0n) is 15.5. The van der Waals surface area contributed by atoms with Crippen molar-refractivity contribution in [2.75, 3.05) is 11.5 Å². The van der Waals surface area contributed by atoms with Crippen LogP contribution in [0.25, 0.3) is 0 Å². The summed E-state index contributed by atoms with van der Waals surface area (Å²) in [5.41, 5.74) is 12.5. The van der Waals surface area contributed by atoms with Crippen LogP contribution in [-0.2, 0) is 5.41 Å². The third kappa shape index (κ3) is 2.20. The summed E-state index contributed by atoms with van der Waals surface area (Å²) in [6, 6.07) is 5.94. The van der Waals surface area contributed by atoms with Crippen molar-refractivity contribution in [2.45, 2.75) is 37.5 Å². The second-order valence-corrected chi connectivity index (χ2v) is 8.97. The van der Waals surface area contributed by atoms with E-state index in [0.29, 0.717) is 23.0 Å². The zero-order valence-corrected chi connectivity index (χ0v) is 15.5. The Labute approximate surface area is 162 Å². The fourth-order valence-corrected chi connectivity index (χ4v) is 6.76. The summed E-state index contributed by atoms with van der Waals surface area (Å²) in [7, 11) is 0. The molecule has 0 spiro atoms. The summed E-state index contributed by atoms with van der Waals surface area (Å²) in [5.74, 6) is -0.918. The molecule has 0 aliphatic heterocycles. The van der Waals surface area contributed by atoms with Gasteiger partial charge in [0.1, 0.15) is 0 Å². The number of nitrogens with two attached hydrogens (primary N) is 2. The Bertz CT molecular complexity index is 841. The monoisotopic (exact) mass is 386 g/mol. The van der Waals surface area contributed by atoms with Crippen LogP contribution in [0, 0.1) is 35.3 Å². The second-order valence-electron chi connectivity index (χ2n) is 8.97. The van der Waals surface area contributed by atoms with Gasteiger partial charge in [-0.2, -0.15) is 0 Å². The van der Waals surface area contributed by atoms with Crippen LogP contribution in [0.3, 0.4) is 0 Å². The highest BCUT2D eigenvalue weighted by Crippen LogP contribution is 2.65. The Morgan fingerprint density at radius 2 is 1.11 bits per heavy atom. The number of hydrogen-bond donors (Lipinski definition) is 4. The molecule has 2 aromatic rings. The van der Waals surface area contributed by atoms with Crippen molar-refractivity contribution in [3.63, 3.8) is 0 Å². The van der Waals surface area contributed by atoms with E-state index in [4.69, 9.17) is 11.5 Å². The molecule has 2 aromatic carbocycles. The predicted molar refractivity (Wildman–Crippen MR) is 103 cm³/mol. The number of hydrogen-bond acceptors (Lipinski definition) is 4. The van der Waals surface area contributed by atoms with E-state index < -0.39 is 28.5 Å². The lowest BCUT2D eigenvalue weighted by molar-refractivity contribution is -0.0420. The molecule has 0 radical (unpaired) electrons. The molecule has 0 atom stereocenters. The van der Waals surface area contributed by atoms with Gasteiger partial charge in [-0.1, -0.05) is 0 Å². The minimum Gasteiger partial charge on any atom is -0.503 e. The number of aromatic hydroxyl groups is 2. The quantitative estimate of drug-likeness (QED) is 0.458. The number of anilines is 2. The van der Waals surface area contributed by atoms with Crippen molar-refractivity contribution in [3.8, 4) is 11.5 Å². The van der Waals surface area contributed by atoms with Crippen molar-refractivity contribution >= 4 is 11.4 Å². The SMILES string of the molecule is Nc1cc(C2(c3cc(N)c(O)c(F)c3)C3CC4CC(C3)CC2C4)cc(F)c1O. The summed E-state index contributed by atoms with van der Waals surface area (Å²) in [6.45, 7) is 0. The minimum absolute atomic E-state index is 0.0181. The number of phenolic OH excluding ortho intramolecular Hbond substituents is 2. The van der Waals surface area contributed by atoms with Gasteiger partial charge in [-0.05, 0) is 91.2 Å². The summed E-state index contributed by atoms with van der Waals surface area (Å²) in [6.07, 6.45) is 5.23. The fourth-order valence-electron chi connectivity index (χ4n) is 6.76. The molecule has 0 aromatic heterocycles. The van der Waals surface area contributed by atoms with E-state index in [-0.39, 0.29) is 23.2 Å². The molecule has 4 saturated carbocycles. The Kier molecular flexibility index (Phi) is 3.61. The molecule has 6 N–H and O–H groups in total. The van der Waals surface area contributed by atoms with Gasteiger partial charge in [-0.25, -0.2) is 8.78 Å². The smallest absolute Gasteiger partial charge is 0.174 e. The molecule has 0 saturated heterocycles. The van der Waals surface area contributed by atoms with E-state index >= 15 is 0 Å². The van der Waals surface area contributed by atoms with Gasteiger partial charge in [-0.3, -0.25) is 0 Å². The molecule has 28 heavy (non-hydrogen) atoms. The van der Waals surface area contributed by atoms with Crippen LogP contribution in [0.2, 0.25) is 0 Å². The lowest BCUT2D eigenvalue weighted by atomic mass is 9.42. The summed E-state index contributed by atoms with van der Waals surface area (Å²) >= 11 is 0. The Hall–Kier alpha value is -2.50. The van der Waals surface area contributed by atoms with Gasteiger partial charge in [0.2, 0.25) is 0 Å². The van der Waals surface area contributed by atoms with Crippen LogP contribution in [0.15, 0.2) is 24.3 Å². The number of phenols is 2. The number of nitrogen functional groups attached to an aromatic ring is 2. The average molecular weight is 386 g/mol. The van der Waals surface area contributed by atoms with E-state index in [2.05, 4.69) is 0 Å². The molecule has 0 amide bonds. The Balaban J connectivity index is 1.79. The first-order valence-corrected chi connectivity index (χ1v) is 9.87. The Morgan fingerprint density at radius 1 is 0.714 bits per heavy atom. The highest BCUT2D eigenvalue weighted by atomic mass is 19.1. The standard InChI is InChI=1S/C22H24F2N2O2/c23-16-6-14(8-18(25)20(16)27)22(15-7-17(24)21(28)19(26)9-15)12-2-10-1-11(4-12)5-13(22)3-10/h6-13,27-28H,1-5,25-26H2. The van der Waals surface area contributed by atoms with Gasteiger partial charge in [0.25, 0.3) is 0 Å². The molecule has 6 heteroatoms. The largest absolute Gasteiger partial charge is 0.503 e. The van der Waals surface area contributed by atoms with Crippen LogP contribution in [0.5, 0.6) is 11.5 Å². The molecule has 4 fully saturated rings. The van der Waals surface area contributed by atoms with Crippen LogP contribution >= 0.6 is 0 Å². The predicted octanol–water partition coefficient (Wildman–Crippen LogP) is 4.28. The van der Waals surface area contributed by atoms with E-state index in [1.165, 1.54) is 18.6 Å². The van der Waals surface area contributed by atoms with Crippen LogP contribution in [-0.4, -0.2) is 10.2 Å². The minimum atomic E-state index is -0.768. The number of halogens is 2. The number of rotatable bonds is 2. The molecule has 4 aliphatic rings. The lowest BCUT2D eigenvalue weighted by Crippen LogP contribution is -2.56. The van der Waals surface area contributed by atoms with Gasteiger partial charge < -0.3 is 21.7 Å². The normalized spacial score (nSPS) is 29.9. The van der Waals surface area contributed by atoms with Crippen molar-refractivity contribution in [2.24, 2.45) is 23.7 Å². The molecule has 0 heterocycles. The van der Waals surface area contributed by atoms with Gasteiger partial charge in [0, 0.05) is 5.41 Å². The van der Waals surface area contributed by atoms with Crippen molar-refractivity contribution < 1.29 is 19.0 Å². The summed E-state index contributed by atoms with van der Waals surface area (Å²) in [4.78, 5) is 0. The fraction of sp³-hybridized carbons (Fsp3) is 0.455. The molecule has 6 rings (SSSR count). The van der Waals surface area contributed by atoms with Crippen molar-refractivity contribution in [1.29, 1.82) is 0 Å². The molecule has 4 nitrogen and oxygen atoms in total. The van der Waals surface area contributed by atoms with Gasteiger partial charge >= 0.3 is 0 Å². The third-order valence-corrected chi connectivity index (χ3v) is 7.57. The van der Waals surface area contributed by atoms with Gasteiger partial charge in [0.05, 0.1) is 11.4 Å². The molecule has 4 aliphatic carbocycles. The van der Waals surface area contributed by atoms with Crippen LogP contribution in [0.4, 0.5) is 20.2 Å². The molecule has 4 bridgehead atoms. The highest BCUT2D eigenvalue weighted by molar-refractivity contribution is 5.61. The topological polar surface area (TPSA) is 92.5 Å². The maximum atomic E-state index is 14.5.